The Hall–Kier alpha value is -3.88. The summed E-state index contributed by atoms with van der Waals surface area (Å²) >= 11 is 0. The fourth-order valence-corrected chi connectivity index (χ4v) is 3.96. The Morgan fingerprint density at radius 1 is 1.18 bits per heavy atom. The summed E-state index contributed by atoms with van der Waals surface area (Å²) in [7, 11) is 1.53. The molecule has 0 spiro atoms. The van der Waals surface area contributed by atoms with Crippen molar-refractivity contribution in [2.45, 2.75) is 39.3 Å². The van der Waals surface area contributed by atoms with Crippen LogP contribution < -0.4 is 14.8 Å². The molecule has 1 aromatic heterocycles. The summed E-state index contributed by atoms with van der Waals surface area (Å²) in [6.45, 7) is 4.12. The molecule has 0 saturated carbocycles. The number of ether oxygens (including phenoxy) is 3. The Bertz CT molecular complexity index is 1210. The Labute approximate surface area is 197 Å². The quantitative estimate of drug-likeness (QED) is 0.460. The molecule has 8 nitrogen and oxygen atoms in total. The average Bonchev–Trinajstić information content (AvgIpc) is 3.31. The number of halogens is 1. The molecule has 0 bridgehead atoms. The maximum atomic E-state index is 14.0. The van der Waals surface area contributed by atoms with Crippen molar-refractivity contribution in [3.63, 3.8) is 0 Å². The predicted molar refractivity (Wildman–Crippen MR) is 124 cm³/mol. The van der Waals surface area contributed by atoms with Crippen LogP contribution in [0.15, 0.2) is 60.1 Å². The van der Waals surface area contributed by atoms with Crippen molar-refractivity contribution >= 4 is 11.9 Å². The van der Waals surface area contributed by atoms with Crippen molar-refractivity contribution in [1.29, 1.82) is 0 Å². The van der Waals surface area contributed by atoms with Gasteiger partial charge in [0.2, 0.25) is 5.95 Å². The third-order valence-electron chi connectivity index (χ3n) is 5.52. The molecule has 3 aromatic rings. The second-order valence-electron chi connectivity index (χ2n) is 7.71. The molecule has 0 aliphatic carbocycles. The maximum absolute atomic E-state index is 14.0. The van der Waals surface area contributed by atoms with Crippen molar-refractivity contribution < 1.29 is 23.4 Å². The minimum absolute atomic E-state index is 0.0532. The molecular weight excluding hydrogens is 439 g/mol. The maximum Gasteiger partial charge on any atom is 0.338 e. The molecule has 9 heteroatoms. The first-order valence-electron chi connectivity index (χ1n) is 11.2. The van der Waals surface area contributed by atoms with E-state index < -0.39 is 12.0 Å². The molecule has 0 radical (unpaired) electrons. The van der Waals surface area contributed by atoms with E-state index in [0.717, 1.165) is 17.7 Å². The number of carbonyl (C=O) groups excluding carboxylic acids is 1. The summed E-state index contributed by atoms with van der Waals surface area (Å²) in [4.78, 5) is 17.3. The van der Waals surface area contributed by atoms with Crippen molar-refractivity contribution in [2.75, 3.05) is 19.0 Å². The molecule has 0 saturated heterocycles. The van der Waals surface area contributed by atoms with E-state index in [1.165, 1.54) is 19.5 Å². The Morgan fingerprint density at radius 3 is 2.74 bits per heavy atom. The van der Waals surface area contributed by atoms with Crippen LogP contribution in [-0.4, -0.2) is 34.5 Å². The lowest BCUT2D eigenvalue weighted by molar-refractivity contribution is -0.139. The van der Waals surface area contributed by atoms with Gasteiger partial charge >= 0.3 is 5.97 Å². The smallest absolute Gasteiger partial charge is 0.338 e. The van der Waals surface area contributed by atoms with Gasteiger partial charge in [-0.25, -0.2) is 13.9 Å². The number of aromatic nitrogens is 3. The Kier molecular flexibility index (Phi) is 7.10. The van der Waals surface area contributed by atoms with Crippen LogP contribution in [-0.2, 0) is 16.1 Å². The van der Waals surface area contributed by atoms with Crippen LogP contribution in [0.1, 0.15) is 43.9 Å². The number of anilines is 1. The van der Waals surface area contributed by atoms with Crippen molar-refractivity contribution in [1.82, 2.24) is 14.8 Å². The van der Waals surface area contributed by atoms with Crippen LogP contribution in [0.4, 0.5) is 10.3 Å². The van der Waals surface area contributed by atoms with Crippen LogP contribution in [0, 0.1) is 5.82 Å². The number of nitrogens with one attached hydrogen (secondary N) is 1. The van der Waals surface area contributed by atoms with Gasteiger partial charge in [-0.1, -0.05) is 37.6 Å². The van der Waals surface area contributed by atoms with E-state index in [4.69, 9.17) is 14.2 Å². The molecule has 0 fully saturated rings. The Morgan fingerprint density at radius 2 is 2.00 bits per heavy atom. The molecule has 4 rings (SSSR count). The second-order valence-corrected chi connectivity index (χ2v) is 7.71. The normalized spacial score (nSPS) is 14.9. The van der Waals surface area contributed by atoms with Gasteiger partial charge in [0.25, 0.3) is 0 Å². The van der Waals surface area contributed by atoms with E-state index >= 15 is 0 Å². The number of esters is 1. The number of hydrogen-bond acceptors (Lipinski definition) is 7. The minimum Gasteiger partial charge on any atom is -0.493 e. The molecule has 1 N–H and O–H groups in total. The first-order chi connectivity index (χ1) is 16.6. The highest BCUT2D eigenvalue weighted by molar-refractivity contribution is 5.92. The van der Waals surface area contributed by atoms with Crippen molar-refractivity contribution in [2.24, 2.45) is 0 Å². The van der Waals surface area contributed by atoms with Crippen LogP contribution in [0.2, 0.25) is 0 Å². The summed E-state index contributed by atoms with van der Waals surface area (Å²) < 4.78 is 32.5. The third kappa shape index (κ3) is 4.59. The lowest BCUT2D eigenvalue weighted by Crippen LogP contribution is -2.30. The number of allylic oxidation sites excluding steroid dienone is 1. The van der Waals surface area contributed by atoms with E-state index in [2.05, 4.69) is 15.4 Å². The van der Waals surface area contributed by atoms with Crippen LogP contribution >= 0.6 is 0 Å². The number of rotatable bonds is 9. The number of methoxy groups -OCH3 is 1. The summed E-state index contributed by atoms with van der Waals surface area (Å²) in [6.07, 6.45) is 2.92. The van der Waals surface area contributed by atoms with Crippen LogP contribution in [0.3, 0.4) is 0 Å². The molecule has 1 aliphatic rings. The molecule has 0 amide bonds. The average molecular weight is 467 g/mol. The highest BCUT2D eigenvalue weighted by Gasteiger charge is 2.35. The van der Waals surface area contributed by atoms with Gasteiger partial charge in [0.15, 0.2) is 11.5 Å². The number of fused-ring (bicyclic) bond motifs is 1. The van der Waals surface area contributed by atoms with Gasteiger partial charge in [-0.2, -0.15) is 10.1 Å². The molecule has 2 heterocycles. The topological polar surface area (TPSA) is 87.5 Å². The molecule has 34 heavy (non-hydrogen) atoms. The standard InChI is InChI=1S/C25H27FN4O4/c1-4-8-19-22(24(31)33-5-2)23(30-25(29-19)27-15-28-30)16-11-12-20(21(13-16)32-3)34-14-17-9-6-7-10-18(17)26/h6-7,9-13,15,23H,4-5,8,14H2,1-3H3,(H,27,28,29)/t23-/m0/s1. The molecule has 2 aromatic carbocycles. The fourth-order valence-electron chi connectivity index (χ4n) is 3.96. The van der Waals surface area contributed by atoms with Gasteiger partial charge in [-0.15, -0.1) is 0 Å². The van der Waals surface area contributed by atoms with E-state index in [9.17, 15) is 9.18 Å². The van der Waals surface area contributed by atoms with Crippen molar-refractivity contribution in [3.05, 3.63) is 77.0 Å². The van der Waals surface area contributed by atoms with Crippen molar-refractivity contribution in [3.8, 4) is 11.5 Å². The summed E-state index contributed by atoms with van der Waals surface area (Å²) in [5, 5.41) is 7.58. The highest BCUT2D eigenvalue weighted by Crippen LogP contribution is 2.40. The Balaban J connectivity index is 1.72. The van der Waals surface area contributed by atoms with E-state index in [1.54, 1.807) is 41.9 Å². The van der Waals surface area contributed by atoms with Crippen LogP contribution in [0.5, 0.6) is 11.5 Å². The largest absolute Gasteiger partial charge is 0.493 e. The summed E-state index contributed by atoms with van der Waals surface area (Å²) in [6, 6.07) is 11.3. The zero-order chi connectivity index (χ0) is 24.1. The fraction of sp³-hybridized carbons (Fsp3) is 0.320. The lowest BCUT2D eigenvalue weighted by atomic mass is 9.93. The molecular formula is C25H27FN4O4. The van der Waals surface area contributed by atoms with Gasteiger partial charge in [-0.05, 0) is 37.1 Å². The van der Waals surface area contributed by atoms with E-state index in [1.807, 2.05) is 13.0 Å². The highest BCUT2D eigenvalue weighted by atomic mass is 19.1. The van der Waals surface area contributed by atoms with E-state index in [-0.39, 0.29) is 19.0 Å². The molecule has 178 valence electrons. The van der Waals surface area contributed by atoms with E-state index in [0.29, 0.717) is 35.0 Å². The van der Waals surface area contributed by atoms with Gasteiger partial charge < -0.3 is 19.5 Å². The summed E-state index contributed by atoms with van der Waals surface area (Å²) in [5.41, 5.74) is 2.42. The van der Waals surface area contributed by atoms with Crippen LogP contribution in [0.25, 0.3) is 0 Å². The molecule has 0 unspecified atom stereocenters. The van der Waals surface area contributed by atoms with Gasteiger partial charge in [-0.3, -0.25) is 0 Å². The number of carbonyl (C=O) groups is 1. The first kappa shape index (κ1) is 23.3. The summed E-state index contributed by atoms with van der Waals surface area (Å²) in [5.74, 6) is 0.704. The second kappa shape index (κ2) is 10.4. The monoisotopic (exact) mass is 466 g/mol. The zero-order valence-corrected chi connectivity index (χ0v) is 19.4. The molecule has 1 atom stereocenters. The number of hydrogen-bond donors (Lipinski definition) is 1. The molecule has 1 aliphatic heterocycles. The van der Waals surface area contributed by atoms with Gasteiger partial charge in [0.05, 0.1) is 19.3 Å². The zero-order valence-electron chi connectivity index (χ0n) is 19.4. The third-order valence-corrected chi connectivity index (χ3v) is 5.52. The number of benzene rings is 2. The minimum atomic E-state index is -0.561. The first-order valence-corrected chi connectivity index (χ1v) is 11.2. The SMILES string of the molecule is CCCC1=C(C(=O)OCC)[C@H](c2ccc(OCc3ccccc3F)c(OC)c2)n2ncnc2N1. The predicted octanol–water partition coefficient (Wildman–Crippen LogP) is 4.64. The van der Waals surface area contributed by atoms with Gasteiger partial charge in [0, 0.05) is 11.3 Å². The lowest BCUT2D eigenvalue weighted by Gasteiger charge is -2.29. The van der Waals surface area contributed by atoms with Gasteiger partial charge in [0.1, 0.15) is 24.8 Å². The number of nitrogens with zero attached hydrogens (tertiary/aromatic N) is 3.